The summed E-state index contributed by atoms with van der Waals surface area (Å²) in [7, 11) is 0. The number of nitrogens with two attached hydrogens (primary N) is 1. The Morgan fingerprint density at radius 2 is 2.19 bits per heavy atom. The average Bonchev–Trinajstić information content (AvgIpc) is 2.97. The van der Waals surface area contributed by atoms with Crippen LogP contribution in [-0.4, -0.2) is 23.5 Å². The van der Waals surface area contributed by atoms with Crippen LogP contribution in [0.1, 0.15) is 36.1 Å². The molecule has 0 bridgehead atoms. The molecule has 0 saturated heterocycles. The molecule has 0 spiro atoms. The van der Waals surface area contributed by atoms with Crippen LogP contribution >= 0.6 is 11.3 Å². The summed E-state index contributed by atoms with van der Waals surface area (Å²) in [6.45, 7) is 3.19. The van der Waals surface area contributed by atoms with Crippen molar-refractivity contribution >= 4 is 11.3 Å². The number of thiophene rings is 1. The van der Waals surface area contributed by atoms with Gasteiger partial charge in [-0.15, -0.1) is 11.3 Å². The van der Waals surface area contributed by atoms with Gasteiger partial charge in [-0.1, -0.05) is 12.8 Å². The van der Waals surface area contributed by atoms with Crippen molar-refractivity contribution in [2.75, 3.05) is 13.1 Å². The maximum absolute atomic E-state index is 6.06. The summed E-state index contributed by atoms with van der Waals surface area (Å²) in [6, 6.07) is 2.30. The number of hydrogen-bond acceptors (Lipinski definition) is 3. The molecule has 2 nitrogen and oxygen atoms in total. The molecule has 0 aromatic carbocycles. The molecule has 0 radical (unpaired) electrons. The largest absolute Gasteiger partial charge is 0.329 e. The molecule has 0 atom stereocenters. The van der Waals surface area contributed by atoms with Gasteiger partial charge in [0.25, 0.3) is 0 Å². The summed E-state index contributed by atoms with van der Waals surface area (Å²) in [5.74, 6) is 0. The van der Waals surface area contributed by atoms with E-state index in [1.165, 1.54) is 38.6 Å². The van der Waals surface area contributed by atoms with Crippen LogP contribution in [0.25, 0.3) is 0 Å². The van der Waals surface area contributed by atoms with E-state index in [0.29, 0.717) is 5.54 Å². The second-order valence-electron chi connectivity index (χ2n) is 5.18. The fraction of sp³-hybridized carbons (Fsp3) is 0.692. The first-order valence-corrected chi connectivity index (χ1v) is 7.22. The van der Waals surface area contributed by atoms with Gasteiger partial charge in [-0.05, 0) is 36.3 Å². The zero-order chi connectivity index (χ0) is 11.0. The number of fused-ring (bicyclic) bond motifs is 1. The van der Waals surface area contributed by atoms with Gasteiger partial charge >= 0.3 is 0 Å². The van der Waals surface area contributed by atoms with Crippen molar-refractivity contribution in [2.45, 2.75) is 44.2 Å². The van der Waals surface area contributed by atoms with Gasteiger partial charge in [0.15, 0.2) is 0 Å². The Labute approximate surface area is 101 Å². The predicted octanol–water partition coefficient (Wildman–Crippen LogP) is 2.38. The van der Waals surface area contributed by atoms with Crippen molar-refractivity contribution in [2.24, 2.45) is 5.73 Å². The lowest BCUT2D eigenvalue weighted by Crippen LogP contribution is -2.53. The van der Waals surface area contributed by atoms with E-state index in [-0.39, 0.29) is 0 Å². The van der Waals surface area contributed by atoms with Crippen LogP contribution in [0.15, 0.2) is 11.4 Å². The highest BCUT2D eigenvalue weighted by Gasteiger charge is 2.39. The summed E-state index contributed by atoms with van der Waals surface area (Å²) in [4.78, 5) is 4.26. The fourth-order valence-corrected chi connectivity index (χ4v) is 4.23. The van der Waals surface area contributed by atoms with Crippen molar-refractivity contribution in [1.82, 2.24) is 4.90 Å². The molecule has 3 rings (SSSR count). The highest BCUT2D eigenvalue weighted by atomic mass is 32.1. The quantitative estimate of drug-likeness (QED) is 0.854. The van der Waals surface area contributed by atoms with Gasteiger partial charge in [-0.2, -0.15) is 0 Å². The van der Waals surface area contributed by atoms with E-state index < -0.39 is 0 Å². The van der Waals surface area contributed by atoms with Crippen LogP contribution in [0.4, 0.5) is 0 Å². The lowest BCUT2D eigenvalue weighted by atomic mass is 9.92. The van der Waals surface area contributed by atoms with Gasteiger partial charge in [-0.25, -0.2) is 0 Å². The topological polar surface area (TPSA) is 29.3 Å². The molecule has 3 heteroatoms. The van der Waals surface area contributed by atoms with Crippen LogP contribution in [0.2, 0.25) is 0 Å². The minimum atomic E-state index is 0.333. The zero-order valence-corrected chi connectivity index (χ0v) is 10.6. The highest BCUT2D eigenvalue weighted by molar-refractivity contribution is 7.10. The van der Waals surface area contributed by atoms with Crippen LogP contribution in [0, 0.1) is 0 Å². The number of rotatable bonds is 2. The first-order chi connectivity index (χ1) is 7.84. The summed E-state index contributed by atoms with van der Waals surface area (Å²) >= 11 is 1.92. The molecule has 1 aliphatic carbocycles. The van der Waals surface area contributed by atoms with Crippen molar-refractivity contribution in [3.05, 3.63) is 21.9 Å². The highest BCUT2D eigenvalue weighted by Crippen LogP contribution is 2.38. The molecule has 1 saturated carbocycles. The Balaban J connectivity index is 1.82. The number of hydrogen-bond donors (Lipinski definition) is 1. The molecular formula is C13H20N2S. The molecule has 16 heavy (non-hydrogen) atoms. The van der Waals surface area contributed by atoms with Crippen LogP contribution in [0.3, 0.4) is 0 Å². The van der Waals surface area contributed by atoms with Crippen LogP contribution in [0.5, 0.6) is 0 Å². The monoisotopic (exact) mass is 236 g/mol. The second kappa shape index (κ2) is 4.13. The van der Waals surface area contributed by atoms with Crippen molar-refractivity contribution in [1.29, 1.82) is 0 Å². The first kappa shape index (κ1) is 10.8. The average molecular weight is 236 g/mol. The maximum atomic E-state index is 6.06. The second-order valence-corrected chi connectivity index (χ2v) is 6.18. The third-order valence-corrected chi connectivity index (χ3v) is 5.42. The molecule has 1 fully saturated rings. The molecule has 0 unspecified atom stereocenters. The van der Waals surface area contributed by atoms with E-state index in [1.807, 2.05) is 11.3 Å². The van der Waals surface area contributed by atoms with E-state index in [4.69, 9.17) is 5.73 Å². The minimum Gasteiger partial charge on any atom is -0.329 e. The van der Waals surface area contributed by atoms with Crippen LogP contribution < -0.4 is 5.73 Å². The fourth-order valence-electron chi connectivity index (χ4n) is 3.34. The van der Waals surface area contributed by atoms with Gasteiger partial charge in [0, 0.05) is 30.1 Å². The zero-order valence-electron chi connectivity index (χ0n) is 9.74. The van der Waals surface area contributed by atoms with Gasteiger partial charge in [0.05, 0.1) is 0 Å². The molecule has 2 heterocycles. The smallest absolute Gasteiger partial charge is 0.0335 e. The van der Waals surface area contributed by atoms with Gasteiger partial charge in [0.1, 0.15) is 0 Å². The Kier molecular flexibility index (Phi) is 2.78. The van der Waals surface area contributed by atoms with E-state index in [0.717, 1.165) is 13.1 Å². The van der Waals surface area contributed by atoms with E-state index in [1.54, 1.807) is 10.4 Å². The first-order valence-electron chi connectivity index (χ1n) is 6.34. The maximum Gasteiger partial charge on any atom is 0.0335 e. The summed E-state index contributed by atoms with van der Waals surface area (Å²) in [5.41, 5.74) is 7.94. The Bertz CT molecular complexity index is 366. The lowest BCUT2D eigenvalue weighted by Gasteiger charge is -2.42. The van der Waals surface area contributed by atoms with E-state index >= 15 is 0 Å². The van der Waals surface area contributed by atoms with Crippen LogP contribution in [-0.2, 0) is 13.0 Å². The standard InChI is InChI=1S/C13H20N2S/c14-10-13(5-1-2-6-13)15-7-3-12-11(9-15)4-8-16-12/h4,8H,1-3,5-7,9-10,14H2. The van der Waals surface area contributed by atoms with Crippen molar-refractivity contribution in [3.63, 3.8) is 0 Å². The Morgan fingerprint density at radius 3 is 2.94 bits per heavy atom. The third-order valence-electron chi connectivity index (χ3n) is 4.39. The van der Waals surface area contributed by atoms with E-state index in [2.05, 4.69) is 16.3 Å². The van der Waals surface area contributed by atoms with Crippen molar-refractivity contribution in [3.8, 4) is 0 Å². The SMILES string of the molecule is NCC1(N2CCc3sccc3C2)CCCC1. The molecule has 0 amide bonds. The third kappa shape index (κ3) is 1.62. The summed E-state index contributed by atoms with van der Waals surface area (Å²) in [5, 5.41) is 2.23. The van der Waals surface area contributed by atoms with Gasteiger partial charge in [-0.3, -0.25) is 4.90 Å². The summed E-state index contributed by atoms with van der Waals surface area (Å²) < 4.78 is 0. The van der Waals surface area contributed by atoms with Gasteiger partial charge in [0.2, 0.25) is 0 Å². The lowest BCUT2D eigenvalue weighted by molar-refractivity contribution is 0.0852. The molecule has 1 aromatic rings. The minimum absolute atomic E-state index is 0.333. The Hall–Kier alpha value is -0.380. The normalized spacial score (nSPS) is 24.6. The molecule has 1 aromatic heterocycles. The van der Waals surface area contributed by atoms with E-state index in [9.17, 15) is 0 Å². The van der Waals surface area contributed by atoms with Gasteiger partial charge < -0.3 is 5.73 Å². The molecule has 2 N–H and O–H groups in total. The molecular weight excluding hydrogens is 216 g/mol. The molecule has 88 valence electrons. The predicted molar refractivity (Wildman–Crippen MR) is 68.7 cm³/mol. The molecule has 1 aliphatic heterocycles. The molecule has 2 aliphatic rings. The number of nitrogens with zero attached hydrogens (tertiary/aromatic N) is 1. The van der Waals surface area contributed by atoms with Crippen molar-refractivity contribution < 1.29 is 0 Å². The Morgan fingerprint density at radius 1 is 1.38 bits per heavy atom. The summed E-state index contributed by atoms with van der Waals surface area (Å²) in [6.07, 6.45) is 6.58.